The first-order valence-electron chi connectivity index (χ1n) is 9.28. The first-order chi connectivity index (χ1) is 12.6. The summed E-state index contributed by atoms with van der Waals surface area (Å²) in [6.45, 7) is 8.74. The van der Waals surface area contributed by atoms with Crippen molar-refractivity contribution in [2.45, 2.75) is 33.7 Å². The zero-order valence-corrected chi connectivity index (χ0v) is 16.1. The fourth-order valence-electron chi connectivity index (χ4n) is 3.71. The van der Waals surface area contributed by atoms with Crippen molar-refractivity contribution in [2.24, 2.45) is 5.92 Å². The highest BCUT2D eigenvalue weighted by molar-refractivity contribution is 5.72. The van der Waals surface area contributed by atoms with Crippen molar-refractivity contribution in [3.63, 3.8) is 0 Å². The van der Waals surface area contributed by atoms with E-state index in [9.17, 15) is 0 Å². The summed E-state index contributed by atoms with van der Waals surface area (Å²) in [5.41, 5.74) is 13.0. The summed E-state index contributed by atoms with van der Waals surface area (Å²) in [5.74, 6) is 0.484. The van der Waals surface area contributed by atoms with Crippen LogP contribution in [0.25, 0.3) is 11.1 Å². The number of nitrogens with two attached hydrogens (primary N) is 1. The SMILES string of the molecule is CC=CC1=C(C)C(C)C(C=CC)N1c1cccc(-c2ccc(N)cc2)c1. The maximum atomic E-state index is 5.84. The Morgan fingerprint density at radius 3 is 2.35 bits per heavy atom. The molecule has 0 amide bonds. The van der Waals surface area contributed by atoms with Crippen molar-refractivity contribution in [1.82, 2.24) is 0 Å². The summed E-state index contributed by atoms with van der Waals surface area (Å²) in [5, 5.41) is 0. The average molecular weight is 345 g/mol. The van der Waals surface area contributed by atoms with Crippen LogP contribution in [0.1, 0.15) is 27.7 Å². The standard InChI is InChI=1S/C24H28N2/c1-5-8-23-17(3)18(4)24(9-6-2)26(23)22-11-7-10-20(16-22)19-12-14-21(25)15-13-19/h5-17,23H,25H2,1-4H3. The van der Waals surface area contributed by atoms with Gasteiger partial charge < -0.3 is 10.6 Å². The van der Waals surface area contributed by atoms with Gasteiger partial charge in [-0.05, 0) is 67.8 Å². The molecule has 2 aromatic rings. The Morgan fingerprint density at radius 1 is 0.962 bits per heavy atom. The van der Waals surface area contributed by atoms with Crippen LogP contribution in [0.4, 0.5) is 11.4 Å². The molecule has 0 aromatic heterocycles. The second kappa shape index (κ2) is 7.65. The predicted octanol–water partition coefficient (Wildman–Crippen LogP) is 6.19. The van der Waals surface area contributed by atoms with E-state index in [-0.39, 0.29) is 0 Å². The van der Waals surface area contributed by atoms with E-state index in [1.807, 2.05) is 12.1 Å². The van der Waals surface area contributed by atoms with E-state index in [2.05, 4.69) is 93.3 Å². The van der Waals surface area contributed by atoms with Crippen LogP contribution in [-0.4, -0.2) is 6.04 Å². The lowest BCUT2D eigenvalue weighted by Crippen LogP contribution is -2.31. The maximum Gasteiger partial charge on any atom is 0.0585 e. The molecule has 2 heteroatoms. The van der Waals surface area contributed by atoms with Gasteiger partial charge in [0.1, 0.15) is 0 Å². The lowest BCUT2D eigenvalue weighted by atomic mass is 9.97. The normalized spacial score (nSPS) is 20.7. The van der Waals surface area contributed by atoms with Crippen LogP contribution < -0.4 is 10.6 Å². The van der Waals surface area contributed by atoms with E-state index in [4.69, 9.17) is 5.73 Å². The first kappa shape index (κ1) is 18.1. The van der Waals surface area contributed by atoms with Gasteiger partial charge in [0.05, 0.1) is 6.04 Å². The van der Waals surface area contributed by atoms with Gasteiger partial charge in [-0.15, -0.1) is 0 Å². The van der Waals surface area contributed by atoms with Gasteiger partial charge in [0.2, 0.25) is 0 Å². The van der Waals surface area contributed by atoms with E-state index < -0.39 is 0 Å². The minimum atomic E-state index is 0.341. The zero-order valence-electron chi connectivity index (χ0n) is 16.1. The summed E-state index contributed by atoms with van der Waals surface area (Å²) < 4.78 is 0. The Bertz CT molecular complexity index is 856. The molecule has 2 aromatic carbocycles. The number of benzene rings is 2. The number of anilines is 2. The van der Waals surface area contributed by atoms with Gasteiger partial charge >= 0.3 is 0 Å². The molecule has 0 saturated heterocycles. The molecule has 0 fully saturated rings. The Labute approximate surface area is 157 Å². The third-order valence-electron chi connectivity index (χ3n) is 5.24. The highest BCUT2D eigenvalue weighted by atomic mass is 15.2. The lowest BCUT2D eigenvalue weighted by molar-refractivity contribution is 0.625. The van der Waals surface area contributed by atoms with E-state index >= 15 is 0 Å². The lowest BCUT2D eigenvalue weighted by Gasteiger charge is -2.29. The predicted molar refractivity (Wildman–Crippen MR) is 114 cm³/mol. The van der Waals surface area contributed by atoms with E-state index in [0.717, 1.165) is 5.69 Å². The minimum Gasteiger partial charge on any atom is -0.399 e. The van der Waals surface area contributed by atoms with Gasteiger partial charge in [-0.25, -0.2) is 0 Å². The van der Waals surface area contributed by atoms with Gasteiger partial charge in [-0.3, -0.25) is 0 Å². The molecular formula is C24H28N2. The molecule has 2 nitrogen and oxygen atoms in total. The Balaban J connectivity index is 2.08. The van der Waals surface area contributed by atoms with Gasteiger partial charge in [0.25, 0.3) is 0 Å². The first-order valence-corrected chi connectivity index (χ1v) is 9.28. The van der Waals surface area contributed by atoms with Crippen LogP contribution in [0.2, 0.25) is 0 Å². The molecule has 0 radical (unpaired) electrons. The van der Waals surface area contributed by atoms with Gasteiger partial charge in [0, 0.05) is 23.0 Å². The summed E-state index contributed by atoms with van der Waals surface area (Å²) in [6.07, 6.45) is 8.82. The molecule has 0 spiro atoms. The van der Waals surface area contributed by atoms with Crippen molar-refractivity contribution >= 4 is 11.4 Å². The fourth-order valence-corrected chi connectivity index (χ4v) is 3.71. The second-order valence-electron chi connectivity index (χ2n) is 6.92. The molecular weight excluding hydrogens is 316 g/mol. The largest absolute Gasteiger partial charge is 0.399 e. The monoisotopic (exact) mass is 344 g/mol. The molecule has 3 rings (SSSR count). The smallest absolute Gasteiger partial charge is 0.0585 e. The number of nitrogens with zero attached hydrogens (tertiary/aromatic N) is 1. The number of hydrogen-bond acceptors (Lipinski definition) is 2. The molecule has 1 heterocycles. The van der Waals surface area contributed by atoms with Crippen molar-refractivity contribution in [3.05, 3.63) is 84.1 Å². The Hall–Kier alpha value is -2.74. The number of allylic oxidation sites excluding steroid dienone is 3. The molecule has 0 bridgehead atoms. The highest BCUT2D eigenvalue weighted by Gasteiger charge is 2.34. The number of rotatable bonds is 4. The number of nitrogen functional groups attached to an aromatic ring is 1. The zero-order chi connectivity index (χ0) is 18.7. The van der Waals surface area contributed by atoms with Crippen LogP contribution in [0.15, 0.2) is 84.1 Å². The highest BCUT2D eigenvalue weighted by Crippen LogP contribution is 2.40. The van der Waals surface area contributed by atoms with Crippen molar-refractivity contribution in [2.75, 3.05) is 10.6 Å². The molecule has 134 valence electrons. The molecule has 2 unspecified atom stereocenters. The van der Waals surface area contributed by atoms with Gasteiger partial charge in [-0.2, -0.15) is 0 Å². The van der Waals surface area contributed by atoms with Crippen molar-refractivity contribution < 1.29 is 0 Å². The van der Waals surface area contributed by atoms with Crippen LogP contribution in [0, 0.1) is 5.92 Å². The van der Waals surface area contributed by atoms with Crippen LogP contribution in [0.3, 0.4) is 0 Å². The third kappa shape index (κ3) is 3.32. The van der Waals surface area contributed by atoms with Crippen LogP contribution in [0.5, 0.6) is 0 Å². The number of hydrogen-bond donors (Lipinski definition) is 1. The quantitative estimate of drug-likeness (QED) is 0.529. The summed E-state index contributed by atoms with van der Waals surface area (Å²) in [7, 11) is 0. The van der Waals surface area contributed by atoms with E-state index in [0.29, 0.717) is 12.0 Å². The Kier molecular flexibility index (Phi) is 5.32. The fraction of sp³-hybridized carbons (Fsp3) is 0.250. The average Bonchev–Trinajstić information content (AvgIpc) is 2.88. The molecule has 0 saturated carbocycles. The summed E-state index contributed by atoms with van der Waals surface area (Å²) >= 11 is 0. The Morgan fingerprint density at radius 2 is 1.69 bits per heavy atom. The van der Waals surface area contributed by atoms with Gasteiger partial charge in [-0.1, -0.05) is 49.4 Å². The maximum absolute atomic E-state index is 5.84. The van der Waals surface area contributed by atoms with E-state index in [1.54, 1.807) is 0 Å². The third-order valence-corrected chi connectivity index (χ3v) is 5.24. The molecule has 26 heavy (non-hydrogen) atoms. The van der Waals surface area contributed by atoms with Crippen molar-refractivity contribution in [1.29, 1.82) is 0 Å². The molecule has 0 aliphatic carbocycles. The van der Waals surface area contributed by atoms with Crippen molar-refractivity contribution in [3.8, 4) is 11.1 Å². The molecule has 2 N–H and O–H groups in total. The van der Waals surface area contributed by atoms with E-state index in [1.165, 1.54) is 28.1 Å². The van der Waals surface area contributed by atoms with Crippen LogP contribution in [-0.2, 0) is 0 Å². The molecule has 2 atom stereocenters. The van der Waals surface area contributed by atoms with Crippen LogP contribution >= 0.6 is 0 Å². The van der Waals surface area contributed by atoms with Gasteiger partial charge in [0.15, 0.2) is 0 Å². The second-order valence-corrected chi connectivity index (χ2v) is 6.92. The topological polar surface area (TPSA) is 29.3 Å². The minimum absolute atomic E-state index is 0.341. The summed E-state index contributed by atoms with van der Waals surface area (Å²) in [4.78, 5) is 2.46. The summed E-state index contributed by atoms with van der Waals surface area (Å²) in [6, 6.07) is 17.2. The molecule has 1 aliphatic heterocycles. The molecule has 1 aliphatic rings.